The lowest BCUT2D eigenvalue weighted by Crippen LogP contribution is -2.29. The van der Waals surface area contributed by atoms with Crippen LogP contribution in [0.3, 0.4) is 0 Å². The second kappa shape index (κ2) is 11.5. The van der Waals surface area contributed by atoms with E-state index in [2.05, 4.69) is 28.0 Å². The fourth-order valence-electron chi connectivity index (χ4n) is 3.65. The summed E-state index contributed by atoms with van der Waals surface area (Å²) in [5, 5.41) is 22.1. The average Bonchev–Trinajstić information content (AvgIpc) is 2.76. The Hall–Kier alpha value is -2.64. The molecule has 0 aliphatic heterocycles. The quantitative estimate of drug-likeness (QED) is 0.140. The molecule has 0 bridgehead atoms. The maximum Gasteiger partial charge on any atom is 0.123 e. The first kappa shape index (κ1) is 23.6. The summed E-state index contributed by atoms with van der Waals surface area (Å²) in [6, 6.07) is 6.20. The highest BCUT2D eigenvalue weighted by molar-refractivity contribution is 7.96. The molecular formula is C23H30FN5S. The summed E-state index contributed by atoms with van der Waals surface area (Å²) >= 11 is 1.57. The number of rotatable bonds is 12. The fraction of sp³-hybridized carbons (Fsp3) is 0.304. The standard InChI is InChI=1S/C23H30FN5S/c1-4-23(12-17(14-25)16-27-2)13-18(15-26)22(11-19(23)9-10-28-30-3)29-21-7-5-20(24)6-8-21/h4-8,11,14-16,25-29H,1,9-10,12-13H2,2-3H3/b17-16-,25-14?,26-15?. The molecule has 7 heteroatoms. The fourth-order valence-corrected chi connectivity index (χ4v) is 3.95. The van der Waals surface area contributed by atoms with Gasteiger partial charge in [-0.3, -0.25) is 4.72 Å². The van der Waals surface area contributed by atoms with E-state index in [1.54, 1.807) is 24.1 Å². The van der Waals surface area contributed by atoms with E-state index in [9.17, 15) is 4.39 Å². The van der Waals surface area contributed by atoms with Crippen molar-refractivity contribution in [2.75, 3.05) is 25.2 Å². The van der Waals surface area contributed by atoms with Crippen LogP contribution < -0.4 is 15.4 Å². The predicted octanol–water partition coefficient (Wildman–Crippen LogP) is 5.04. The van der Waals surface area contributed by atoms with Crippen molar-refractivity contribution in [3.8, 4) is 0 Å². The van der Waals surface area contributed by atoms with Crippen LogP contribution in [0.2, 0.25) is 0 Å². The average molecular weight is 428 g/mol. The molecule has 0 amide bonds. The minimum atomic E-state index is -0.388. The summed E-state index contributed by atoms with van der Waals surface area (Å²) in [6.07, 6.45) is 12.6. The minimum absolute atomic E-state index is 0.286. The monoisotopic (exact) mass is 427 g/mol. The Morgan fingerprint density at radius 3 is 2.60 bits per heavy atom. The summed E-state index contributed by atoms with van der Waals surface area (Å²) < 4.78 is 16.6. The van der Waals surface area contributed by atoms with Crippen molar-refractivity contribution in [3.63, 3.8) is 0 Å². The van der Waals surface area contributed by atoms with Gasteiger partial charge in [0.05, 0.1) is 0 Å². The lowest BCUT2D eigenvalue weighted by molar-refractivity contribution is 0.438. The lowest BCUT2D eigenvalue weighted by Gasteiger charge is -2.38. The largest absolute Gasteiger partial charge is 0.394 e. The molecule has 1 atom stereocenters. The highest BCUT2D eigenvalue weighted by Gasteiger charge is 2.36. The summed E-state index contributed by atoms with van der Waals surface area (Å²) in [6.45, 7) is 4.91. The number of hydrogen-bond donors (Lipinski definition) is 5. The van der Waals surface area contributed by atoms with E-state index in [4.69, 9.17) is 10.8 Å². The highest BCUT2D eigenvalue weighted by Crippen LogP contribution is 2.46. The van der Waals surface area contributed by atoms with Gasteiger partial charge in [-0.1, -0.05) is 23.6 Å². The van der Waals surface area contributed by atoms with Crippen LogP contribution in [0, 0.1) is 22.1 Å². The molecule has 5 nitrogen and oxygen atoms in total. The van der Waals surface area contributed by atoms with Crippen molar-refractivity contribution in [1.82, 2.24) is 10.0 Å². The number of halogens is 1. The first-order chi connectivity index (χ1) is 14.5. The highest BCUT2D eigenvalue weighted by atomic mass is 32.2. The SMILES string of the molecule is C=CC1(C/C(C=N)=C/NC)CC(C=N)=C(Nc2ccc(F)cc2)C=C1CCNSC. The third-order valence-electron chi connectivity index (χ3n) is 5.17. The van der Waals surface area contributed by atoms with Gasteiger partial charge < -0.3 is 21.5 Å². The zero-order valence-corrected chi connectivity index (χ0v) is 18.3. The van der Waals surface area contributed by atoms with Gasteiger partial charge in [-0.05, 0) is 67.0 Å². The van der Waals surface area contributed by atoms with E-state index in [0.717, 1.165) is 35.5 Å². The first-order valence-corrected chi connectivity index (χ1v) is 11.0. The molecule has 0 heterocycles. The Balaban J connectivity index is 2.45. The molecule has 1 unspecified atom stereocenters. The molecule has 1 aromatic carbocycles. The molecule has 0 saturated carbocycles. The van der Waals surface area contributed by atoms with Gasteiger partial charge >= 0.3 is 0 Å². The zero-order valence-electron chi connectivity index (χ0n) is 17.5. The van der Waals surface area contributed by atoms with Crippen LogP contribution in [-0.4, -0.2) is 32.3 Å². The van der Waals surface area contributed by atoms with Crippen LogP contribution in [0.1, 0.15) is 19.3 Å². The van der Waals surface area contributed by atoms with E-state index in [1.165, 1.54) is 30.1 Å². The van der Waals surface area contributed by atoms with Crippen LogP contribution in [-0.2, 0) is 0 Å². The van der Waals surface area contributed by atoms with Crippen LogP contribution in [0.5, 0.6) is 0 Å². The molecule has 1 aromatic rings. The molecule has 0 saturated heterocycles. The van der Waals surface area contributed by atoms with Crippen LogP contribution in [0.4, 0.5) is 10.1 Å². The van der Waals surface area contributed by atoms with Crippen molar-refractivity contribution in [1.29, 1.82) is 10.8 Å². The molecule has 0 aromatic heterocycles. The molecule has 1 aliphatic rings. The molecule has 0 radical (unpaired) electrons. The smallest absolute Gasteiger partial charge is 0.123 e. The van der Waals surface area contributed by atoms with Gasteiger partial charge in [-0.2, -0.15) is 0 Å². The van der Waals surface area contributed by atoms with Crippen molar-refractivity contribution in [2.45, 2.75) is 19.3 Å². The Morgan fingerprint density at radius 2 is 2.03 bits per heavy atom. The Labute approximate surface area is 182 Å². The number of nitrogens with one attached hydrogen (secondary N) is 5. The number of benzene rings is 1. The number of allylic oxidation sites excluding steroid dienone is 4. The predicted molar refractivity (Wildman–Crippen MR) is 128 cm³/mol. The number of hydrogen-bond acceptors (Lipinski definition) is 6. The second-order valence-electron chi connectivity index (χ2n) is 7.10. The molecule has 160 valence electrons. The molecule has 30 heavy (non-hydrogen) atoms. The van der Waals surface area contributed by atoms with E-state index < -0.39 is 0 Å². The Bertz CT molecular complexity index is 857. The van der Waals surface area contributed by atoms with E-state index in [1.807, 2.05) is 25.6 Å². The van der Waals surface area contributed by atoms with Crippen molar-refractivity contribution in [2.24, 2.45) is 5.41 Å². The number of anilines is 1. The van der Waals surface area contributed by atoms with E-state index in [-0.39, 0.29) is 11.2 Å². The molecule has 0 fully saturated rings. The third kappa shape index (κ3) is 5.93. The van der Waals surface area contributed by atoms with Crippen molar-refractivity contribution in [3.05, 3.63) is 77.4 Å². The zero-order chi connectivity index (χ0) is 22.0. The Kier molecular flexibility index (Phi) is 9.08. The molecule has 2 rings (SSSR count). The maximum absolute atomic E-state index is 13.3. The molecular weight excluding hydrogens is 397 g/mol. The van der Waals surface area contributed by atoms with Gasteiger partial charge in [0.1, 0.15) is 5.82 Å². The molecule has 5 N–H and O–H groups in total. The lowest BCUT2D eigenvalue weighted by atomic mass is 9.67. The second-order valence-corrected chi connectivity index (χ2v) is 7.80. The topological polar surface area (TPSA) is 83.8 Å². The minimum Gasteiger partial charge on any atom is -0.394 e. The molecule has 1 aliphatic carbocycles. The van der Waals surface area contributed by atoms with Crippen molar-refractivity contribution < 1.29 is 4.39 Å². The van der Waals surface area contributed by atoms with Gasteiger partial charge in [-0.25, -0.2) is 4.39 Å². The van der Waals surface area contributed by atoms with Gasteiger partial charge in [0.15, 0.2) is 0 Å². The summed E-state index contributed by atoms with van der Waals surface area (Å²) in [5.74, 6) is -0.286. The van der Waals surface area contributed by atoms with E-state index in [0.29, 0.717) is 12.8 Å². The molecule has 0 spiro atoms. The first-order valence-electron chi connectivity index (χ1n) is 9.75. The third-order valence-corrected chi connectivity index (χ3v) is 5.67. The van der Waals surface area contributed by atoms with Gasteiger partial charge in [0, 0.05) is 49.0 Å². The van der Waals surface area contributed by atoms with Gasteiger partial charge in [-0.15, -0.1) is 6.58 Å². The summed E-state index contributed by atoms with van der Waals surface area (Å²) in [4.78, 5) is 0. The Morgan fingerprint density at radius 1 is 1.30 bits per heavy atom. The van der Waals surface area contributed by atoms with Gasteiger partial charge in [0.2, 0.25) is 0 Å². The van der Waals surface area contributed by atoms with E-state index >= 15 is 0 Å². The summed E-state index contributed by atoms with van der Waals surface area (Å²) in [5.41, 5.74) is 4.10. The van der Waals surface area contributed by atoms with Crippen LogP contribution >= 0.6 is 11.9 Å². The van der Waals surface area contributed by atoms with Crippen LogP contribution in [0.25, 0.3) is 0 Å². The van der Waals surface area contributed by atoms with Crippen molar-refractivity contribution >= 4 is 30.1 Å². The maximum atomic E-state index is 13.3. The van der Waals surface area contributed by atoms with Crippen LogP contribution in [0.15, 0.2) is 71.6 Å². The van der Waals surface area contributed by atoms with Gasteiger partial charge in [0.25, 0.3) is 0 Å². The summed E-state index contributed by atoms with van der Waals surface area (Å²) in [7, 11) is 1.82. The normalized spacial score (nSPS) is 19.2.